The molecule has 3 nitrogen and oxygen atoms in total. The van der Waals surface area contributed by atoms with Crippen LogP contribution >= 0.6 is 11.3 Å². The van der Waals surface area contributed by atoms with Gasteiger partial charge in [-0.3, -0.25) is 4.79 Å². The number of nitrogens with zero attached hydrogens (tertiary/aromatic N) is 1. The largest absolute Gasteiger partial charge is 0.573 e. The molecule has 1 heterocycles. The predicted molar refractivity (Wildman–Crippen MR) is 59.6 cm³/mol. The summed E-state index contributed by atoms with van der Waals surface area (Å²) in [7, 11) is 0. The number of halogens is 3. The van der Waals surface area contributed by atoms with E-state index in [0.717, 1.165) is 11.3 Å². The molecule has 2 aromatic rings. The monoisotopic (exact) mass is 273 g/mol. The van der Waals surface area contributed by atoms with Crippen molar-refractivity contribution in [2.24, 2.45) is 0 Å². The Morgan fingerprint density at radius 3 is 2.61 bits per heavy atom. The molecule has 7 heteroatoms. The second-order valence-electron chi connectivity index (χ2n) is 3.23. The molecule has 0 saturated heterocycles. The third-order valence-electron chi connectivity index (χ3n) is 1.98. The topological polar surface area (TPSA) is 39.2 Å². The Kier molecular flexibility index (Phi) is 3.33. The maximum atomic E-state index is 12.2. The minimum absolute atomic E-state index is 0.202. The van der Waals surface area contributed by atoms with Crippen molar-refractivity contribution in [1.82, 2.24) is 4.98 Å². The van der Waals surface area contributed by atoms with Gasteiger partial charge in [-0.25, -0.2) is 4.98 Å². The van der Waals surface area contributed by atoms with Gasteiger partial charge in [0.1, 0.15) is 10.8 Å². The van der Waals surface area contributed by atoms with Gasteiger partial charge in [0.05, 0.1) is 10.4 Å². The van der Waals surface area contributed by atoms with Crippen molar-refractivity contribution < 1.29 is 22.7 Å². The van der Waals surface area contributed by atoms with E-state index >= 15 is 0 Å². The lowest BCUT2D eigenvalue weighted by Gasteiger charge is -2.11. The summed E-state index contributed by atoms with van der Waals surface area (Å²) < 4.78 is 40.5. The van der Waals surface area contributed by atoms with Gasteiger partial charge in [0, 0.05) is 6.20 Å². The zero-order valence-corrected chi connectivity index (χ0v) is 9.59. The molecule has 0 aliphatic heterocycles. The number of ether oxygens (including phenoxy) is 1. The fourth-order valence-corrected chi connectivity index (χ4v) is 2.08. The number of aldehydes is 1. The molecule has 0 saturated carbocycles. The maximum Gasteiger partial charge on any atom is 0.573 e. The normalized spacial score (nSPS) is 11.3. The molecule has 1 aromatic heterocycles. The first-order valence-electron chi connectivity index (χ1n) is 4.76. The molecule has 0 bridgehead atoms. The van der Waals surface area contributed by atoms with E-state index in [4.69, 9.17) is 0 Å². The van der Waals surface area contributed by atoms with Gasteiger partial charge in [0.15, 0.2) is 6.29 Å². The van der Waals surface area contributed by atoms with Crippen LogP contribution in [0.25, 0.3) is 10.6 Å². The number of carbonyl (C=O) groups excluding carboxylic acids is 1. The molecular weight excluding hydrogens is 267 g/mol. The highest BCUT2D eigenvalue weighted by Crippen LogP contribution is 2.35. The third-order valence-corrected chi connectivity index (χ3v) is 2.94. The Morgan fingerprint density at radius 1 is 1.28 bits per heavy atom. The minimum atomic E-state index is -4.76. The van der Waals surface area contributed by atoms with Crippen molar-refractivity contribution in [1.29, 1.82) is 0 Å². The molecule has 0 unspecified atom stereocenters. The van der Waals surface area contributed by atoms with Gasteiger partial charge in [0.2, 0.25) is 0 Å². The minimum Gasteiger partial charge on any atom is -0.405 e. The number of para-hydroxylation sites is 1. The van der Waals surface area contributed by atoms with Crippen LogP contribution in [0.15, 0.2) is 30.5 Å². The number of benzene rings is 1. The van der Waals surface area contributed by atoms with E-state index in [1.54, 1.807) is 6.07 Å². The lowest BCUT2D eigenvalue weighted by atomic mass is 10.2. The first kappa shape index (κ1) is 12.6. The van der Waals surface area contributed by atoms with E-state index in [2.05, 4.69) is 9.72 Å². The highest BCUT2D eigenvalue weighted by Gasteiger charge is 2.32. The van der Waals surface area contributed by atoms with Crippen LogP contribution in [-0.2, 0) is 0 Å². The summed E-state index contributed by atoms with van der Waals surface area (Å²) in [4.78, 5) is 14.8. The van der Waals surface area contributed by atoms with Crippen molar-refractivity contribution in [2.45, 2.75) is 6.36 Å². The predicted octanol–water partition coefficient (Wildman–Crippen LogP) is 3.52. The standard InChI is InChI=1S/C11H6F3NO2S/c12-11(13,14)17-9-4-2-1-3-8(9)10-15-5-7(6-16)18-10/h1-6H. The van der Waals surface area contributed by atoms with Gasteiger partial charge in [-0.2, -0.15) is 0 Å². The number of alkyl halides is 3. The van der Waals surface area contributed by atoms with Crippen LogP contribution in [0.5, 0.6) is 5.75 Å². The van der Waals surface area contributed by atoms with Gasteiger partial charge >= 0.3 is 6.36 Å². The van der Waals surface area contributed by atoms with Gasteiger partial charge in [-0.1, -0.05) is 12.1 Å². The number of hydrogen-bond acceptors (Lipinski definition) is 4. The first-order chi connectivity index (χ1) is 8.49. The molecule has 0 fully saturated rings. The molecule has 0 amide bonds. The van der Waals surface area contributed by atoms with Crippen molar-refractivity contribution in [3.63, 3.8) is 0 Å². The van der Waals surface area contributed by atoms with E-state index in [9.17, 15) is 18.0 Å². The van der Waals surface area contributed by atoms with Crippen LogP contribution in [-0.4, -0.2) is 17.6 Å². The molecule has 2 rings (SSSR count). The maximum absolute atomic E-state index is 12.2. The average Bonchev–Trinajstić information content (AvgIpc) is 2.76. The van der Waals surface area contributed by atoms with E-state index in [0.29, 0.717) is 16.2 Å². The number of thiazole rings is 1. The number of aromatic nitrogens is 1. The second-order valence-corrected chi connectivity index (χ2v) is 4.29. The van der Waals surface area contributed by atoms with Gasteiger partial charge in [-0.15, -0.1) is 24.5 Å². The van der Waals surface area contributed by atoms with Crippen LogP contribution < -0.4 is 4.74 Å². The molecule has 0 spiro atoms. The van der Waals surface area contributed by atoms with Crippen molar-refractivity contribution in [3.05, 3.63) is 35.3 Å². The molecule has 0 aliphatic carbocycles. The summed E-state index contributed by atoms with van der Waals surface area (Å²) in [5.74, 6) is -0.336. The van der Waals surface area contributed by atoms with Gasteiger partial charge < -0.3 is 4.74 Å². The van der Waals surface area contributed by atoms with Crippen LogP contribution in [0.1, 0.15) is 9.67 Å². The Hall–Kier alpha value is -1.89. The molecule has 0 N–H and O–H groups in total. The summed E-state index contributed by atoms with van der Waals surface area (Å²) >= 11 is 1.000. The zero-order chi connectivity index (χ0) is 13.2. The highest BCUT2D eigenvalue weighted by molar-refractivity contribution is 7.16. The second kappa shape index (κ2) is 4.77. The summed E-state index contributed by atoms with van der Waals surface area (Å²) in [5, 5.41) is 0.303. The first-order valence-corrected chi connectivity index (χ1v) is 5.57. The summed E-state index contributed by atoms with van der Waals surface area (Å²) in [6.07, 6.45) is -2.87. The molecule has 0 radical (unpaired) electrons. The molecule has 0 aliphatic rings. The highest BCUT2D eigenvalue weighted by atomic mass is 32.1. The SMILES string of the molecule is O=Cc1cnc(-c2ccccc2OC(F)(F)F)s1. The quantitative estimate of drug-likeness (QED) is 0.803. The van der Waals surface area contributed by atoms with E-state index < -0.39 is 6.36 Å². The fraction of sp³-hybridized carbons (Fsp3) is 0.0909. The Morgan fingerprint density at radius 2 is 2.00 bits per heavy atom. The van der Waals surface area contributed by atoms with E-state index in [1.165, 1.54) is 24.4 Å². The summed E-state index contributed by atoms with van der Waals surface area (Å²) in [5.41, 5.74) is 0.202. The van der Waals surface area contributed by atoms with Crippen LogP contribution in [0, 0.1) is 0 Å². The van der Waals surface area contributed by atoms with E-state index in [-0.39, 0.29) is 11.3 Å². The van der Waals surface area contributed by atoms with Gasteiger partial charge in [-0.05, 0) is 12.1 Å². The fourth-order valence-electron chi connectivity index (χ4n) is 1.32. The van der Waals surface area contributed by atoms with Crippen molar-refractivity contribution in [2.75, 3.05) is 0 Å². The zero-order valence-electron chi connectivity index (χ0n) is 8.77. The van der Waals surface area contributed by atoms with Crippen LogP contribution in [0.2, 0.25) is 0 Å². The number of carbonyl (C=O) groups is 1. The molecular formula is C11H6F3NO2S. The molecule has 18 heavy (non-hydrogen) atoms. The van der Waals surface area contributed by atoms with E-state index in [1.807, 2.05) is 0 Å². The smallest absolute Gasteiger partial charge is 0.405 e. The molecule has 0 atom stereocenters. The van der Waals surface area contributed by atoms with Crippen molar-refractivity contribution >= 4 is 17.6 Å². The Labute approximate surface area is 104 Å². The Bertz CT molecular complexity index is 565. The van der Waals surface area contributed by atoms with Crippen LogP contribution in [0.4, 0.5) is 13.2 Å². The number of rotatable bonds is 3. The number of hydrogen-bond donors (Lipinski definition) is 0. The summed E-state index contributed by atoms with van der Waals surface area (Å²) in [6.45, 7) is 0. The summed E-state index contributed by atoms with van der Waals surface area (Å²) in [6, 6.07) is 5.65. The molecule has 1 aromatic carbocycles. The van der Waals surface area contributed by atoms with Gasteiger partial charge in [0.25, 0.3) is 0 Å². The molecule has 94 valence electrons. The lowest BCUT2D eigenvalue weighted by Crippen LogP contribution is -2.17. The lowest BCUT2D eigenvalue weighted by molar-refractivity contribution is -0.274. The van der Waals surface area contributed by atoms with Crippen LogP contribution in [0.3, 0.4) is 0 Å². The average molecular weight is 273 g/mol. The third kappa shape index (κ3) is 2.86. The van der Waals surface area contributed by atoms with Crippen molar-refractivity contribution in [3.8, 4) is 16.3 Å². The Balaban J connectivity index is 2.41.